The summed E-state index contributed by atoms with van der Waals surface area (Å²) in [5, 5.41) is 17.4. The fourth-order valence-electron chi connectivity index (χ4n) is 3.04. The molecule has 0 atom stereocenters. The van der Waals surface area contributed by atoms with Gasteiger partial charge in [-0.25, -0.2) is 5.43 Å². The van der Waals surface area contributed by atoms with Crippen LogP contribution in [0.4, 0.5) is 5.00 Å². The first kappa shape index (κ1) is 18.3. The second-order valence-corrected chi connectivity index (χ2v) is 7.62. The molecule has 4 rings (SSSR count). The molecule has 9 heteroatoms. The van der Waals surface area contributed by atoms with Gasteiger partial charge in [0.25, 0.3) is 5.91 Å². The van der Waals surface area contributed by atoms with Crippen LogP contribution in [0.3, 0.4) is 0 Å². The molecule has 1 aromatic carbocycles. The van der Waals surface area contributed by atoms with Gasteiger partial charge in [0.15, 0.2) is 0 Å². The lowest BCUT2D eigenvalue weighted by atomic mass is 10.1. The van der Waals surface area contributed by atoms with Crippen LogP contribution in [0, 0.1) is 0 Å². The van der Waals surface area contributed by atoms with Gasteiger partial charge in [0, 0.05) is 23.5 Å². The lowest BCUT2D eigenvalue weighted by Gasteiger charge is -2.27. The van der Waals surface area contributed by atoms with Gasteiger partial charge in [0.1, 0.15) is 6.54 Å². The van der Waals surface area contributed by atoms with Crippen LogP contribution in [0.2, 0.25) is 0 Å². The van der Waals surface area contributed by atoms with Crippen LogP contribution in [-0.2, 0) is 11.3 Å². The first-order valence-corrected chi connectivity index (χ1v) is 10.1. The molecule has 0 radical (unpaired) electrons. The second kappa shape index (κ2) is 8.75. The van der Waals surface area contributed by atoms with Gasteiger partial charge in [-0.1, -0.05) is 30.3 Å². The number of carbonyl (C=O) groups excluding carboxylic acids is 1. The fraction of sp³-hybridized carbons (Fsp3) is 0.316. The van der Waals surface area contributed by atoms with Crippen LogP contribution < -0.4 is 10.3 Å². The molecule has 8 nitrogen and oxygen atoms in total. The molecule has 0 spiro atoms. The number of hydrogen-bond donors (Lipinski definition) is 1. The summed E-state index contributed by atoms with van der Waals surface area (Å²) in [4.78, 5) is 16.7. The van der Waals surface area contributed by atoms with Crippen LogP contribution in [0.25, 0.3) is 11.4 Å². The zero-order valence-electron chi connectivity index (χ0n) is 15.4. The molecule has 1 N–H and O–H groups in total. The number of rotatable bonds is 6. The van der Waals surface area contributed by atoms with Crippen LogP contribution in [0.1, 0.15) is 24.1 Å². The Morgan fingerprint density at radius 3 is 2.79 bits per heavy atom. The first-order chi connectivity index (χ1) is 13.8. The molecule has 0 aliphatic carbocycles. The van der Waals surface area contributed by atoms with Gasteiger partial charge >= 0.3 is 0 Å². The average Bonchev–Trinajstić information content (AvgIpc) is 3.39. The number of piperidine rings is 1. The molecule has 3 aromatic rings. The van der Waals surface area contributed by atoms with Gasteiger partial charge in [-0.2, -0.15) is 9.90 Å². The summed E-state index contributed by atoms with van der Waals surface area (Å²) in [5.74, 6) is 0.182. The fourth-order valence-corrected chi connectivity index (χ4v) is 3.97. The number of nitrogens with one attached hydrogen (secondary N) is 1. The second-order valence-electron chi connectivity index (χ2n) is 6.53. The molecule has 1 aliphatic heterocycles. The van der Waals surface area contributed by atoms with Crippen LogP contribution >= 0.6 is 11.3 Å². The van der Waals surface area contributed by atoms with Crippen LogP contribution in [0.15, 0.2) is 47.6 Å². The number of tetrazole rings is 1. The molecule has 3 heterocycles. The topological polar surface area (TPSA) is 88.3 Å². The minimum atomic E-state index is -0.305. The SMILES string of the molecule is O=C(Cn1nnc(-c2ccccc2)n1)N/N=C/c1ccc(N2CCCCC2)s1. The van der Waals surface area contributed by atoms with Crippen molar-refractivity contribution in [2.75, 3.05) is 18.0 Å². The van der Waals surface area contributed by atoms with Crippen molar-refractivity contribution in [2.45, 2.75) is 25.8 Å². The minimum absolute atomic E-state index is 0.0410. The molecule has 28 heavy (non-hydrogen) atoms. The van der Waals surface area contributed by atoms with E-state index in [2.05, 4.69) is 36.9 Å². The molecular weight excluding hydrogens is 374 g/mol. The highest BCUT2D eigenvalue weighted by Crippen LogP contribution is 2.27. The summed E-state index contributed by atoms with van der Waals surface area (Å²) in [7, 11) is 0. The standard InChI is InChI=1S/C19H21N7OS/c27-17(14-26-23-19(22-24-26)15-7-3-1-4-8-15)21-20-13-16-9-10-18(28-16)25-11-5-2-6-12-25/h1,3-4,7-10,13H,2,5-6,11-12,14H2,(H,21,27)/b20-13+. The van der Waals surface area contributed by atoms with E-state index >= 15 is 0 Å². The predicted molar refractivity (Wildman–Crippen MR) is 109 cm³/mol. The molecule has 0 saturated carbocycles. The Morgan fingerprint density at radius 2 is 1.96 bits per heavy atom. The number of amides is 1. The van der Waals surface area contributed by atoms with Crippen molar-refractivity contribution < 1.29 is 4.79 Å². The monoisotopic (exact) mass is 395 g/mol. The number of hydrogen-bond acceptors (Lipinski definition) is 7. The van der Waals surface area contributed by atoms with E-state index in [1.54, 1.807) is 17.6 Å². The number of nitrogens with zero attached hydrogens (tertiary/aromatic N) is 6. The molecule has 1 amide bonds. The minimum Gasteiger partial charge on any atom is -0.363 e. The zero-order chi connectivity index (χ0) is 19.2. The van der Waals surface area contributed by atoms with E-state index in [9.17, 15) is 4.79 Å². The quantitative estimate of drug-likeness (QED) is 0.512. The normalized spacial score (nSPS) is 14.5. The highest BCUT2D eigenvalue weighted by atomic mass is 32.1. The lowest BCUT2D eigenvalue weighted by molar-refractivity contribution is -0.122. The smallest absolute Gasteiger partial charge is 0.263 e. The van der Waals surface area contributed by atoms with Crippen LogP contribution in [-0.4, -0.2) is 45.4 Å². The highest BCUT2D eigenvalue weighted by Gasteiger charge is 2.12. The lowest BCUT2D eigenvalue weighted by Crippen LogP contribution is -2.28. The summed E-state index contributed by atoms with van der Waals surface area (Å²) in [6.07, 6.45) is 5.48. The van der Waals surface area contributed by atoms with E-state index < -0.39 is 0 Å². The van der Waals surface area contributed by atoms with E-state index in [1.807, 2.05) is 36.4 Å². The van der Waals surface area contributed by atoms with E-state index in [4.69, 9.17) is 0 Å². The summed E-state index contributed by atoms with van der Waals surface area (Å²) in [5.41, 5.74) is 3.37. The maximum absolute atomic E-state index is 12.0. The van der Waals surface area contributed by atoms with Gasteiger partial charge in [0.05, 0.1) is 11.2 Å². The van der Waals surface area contributed by atoms with E-state index in [0.717, 1.165) is 23.5 Å². The summed E-state index contributed by atoms with van der Waals surface area (Å²) in [6, 6.07) is 13.6. The third-order valence-electron chi connectivity index (χ3n) is 4.43. The van der Waals surface area contributed by atoms with Gasteiger partial charge in [-0.3, -0.25) is 4.79 Å². The predicted octanol–water partition coefficient (Wildman–Crippen LogP) is 2.54. The van der Waals surface area contributed by atoms with Crippen LogP contribution in [0.5, 0.6) is 0 Å². The van der Waals surface area contributed by atoms with Crippen molar-refractivity contribution in [3.63, 3.8) is 0 Å². The third kappa shape index (κ3) is 4.61. The number of carbonyl (C=O) groups is 1. The van der Waals surface area contributed by atoms with Crippen molar-refractivity contribution in [3.8, 4) is 11.4 Å². The van der Waals surface area contributed by atoms with Gasteiger partial charge < -0.3 is 4.90 Å². The molecule has 144 valence electrons. The summed E-state index contributed by atoms with van der Waals surface area (Å²) < 4.78 is 0. The zero-order valence-corrected chi connectivity index (χ0v) is 16.2. The molecule has 1 fully saturated rings. The molecule has 0 unspecified atom stereocenters. The van der Waals surface area contributed by atoms with E-state index in [-0.39, 0.29) is 12.5 Å². The maximum atomic E-state index is 12.0. The van der Waals surface area contributed by atoms with Crippen molar-refractivity contribution in [3.05, 3.63) is 47.3 Å². The first-order valence-electron chi connectivity index (χ1n) is 9.28. The Bertz CT molecular complexity index is 944. The summed E-state index contributed by atoms with van der Waals surface area (Å²) >= 11 is 1.68. The Labute approximate surface area is 166 Å². The Balaban J connectivity index is 1.29. The Hall–Kier alpha value is -3.07. The van der Waals surface area contributed by atoms with Crippen molar-refractivity contribution in [1.82, 2.24) is 25.6 Å². The number of thiophene rings is 1. The van der Waals surface area contributed by atoms with Crippen molar-refractivity contribution in [2.24, 2.45) is 5.10 Å². The van der Waals surface area contributed by atoms with Gasteiger partial charge in [0.2, 0.25) is 5.82 Å². The molecule has 2 aromatic heterocycles. The van der Waals surface area contributed by atoms with Gasteiger partial charge in [-0.05, 0) is 36.6 Å². The maximum Gasteiger partial charge on any atom is 0.263 e. The number of benzene rings is 1. The number of anilines is 1. The van der Waals surface area contributed by atoms with E-state index in [0.29, 0.717) is 5.82 Å². The highest BCUT2D eigenvalue weighted by molar-refractivity contribution is 7.17. The molecule has 1 aliphatic rings. The average molecular weight is 395 g/mol. The molecule has 1 saturated heterocycles. The third-order valence-corrected chi connectivity index (χ3v) is 5.51. The largest absolute Gasteiger partial charge is 0.363 e. The number of hydrazone groups is 1. The summed E-state index contributed by atoms with van der Waals surface area (Å²) in [6.45, 7) is 2.19. The molecular formula is C19H21N7OS. The van der Waals surface area contributed by atoms with Crippen molar-refractivity contribution >= 4 is 28.5 Å². The Morgan fingerprint density at radius 1 is 1.14 bits per heavy atom. The Kier molecular flexibility index (Phi) is 5.72. The molecule has 0 bridgehead atoms. The van der Waals surface area contributed by atoms with Gasteiger partial charge in [-0.15, -0.1) is 21.5 Å². The number of aromatic nitrogens is 4. The van der Waals surface area contributed by atoms with E-state index in [1.165, 1.54) is 29.1 Å². The van der Waals surface area contributed by atoms with Crippen molar-refractivity contribution in [1.29, 1.82) is 0 Å².